The topological polar surface area (TPSA) is 64.3 Å². The molecule has 0 fully saturated rings. The number of carbonyl (C=O) groups is 1. The van der Waals surface area contributed by atoms with E-state index in [9.17, 15) is 22.4 Å². The number of anilines is 1. The lowest BCUT2D eigenvalue weighted by Crippen LogP contribution is -2.24. The zero-order valence-corrected chi connectivity index (χ0v) is 16.9. The van der Waals surface area contributed by atoms with Crippen LogP contribution < -0.4 is 11.1 Å². The van der Waals surface area contributed by atoms with Crippen molar-refractivity contribution in [3.8, 4) is 0 Å². The molecule has 0 aliphatic carbocycles. The van der Waals surface area contributed by atoms with Crippen LogP contribution in [0.3, 0.4) is 0 Å². The van der Waals surface area contributed by atoms with Gasteiger partial charge in [0.2, 0.25) is 0 Å². The molecule has 0 aliphatic heterocycles. The molecule has 3 N–H and O–H groups in total. The number of nitrogens with two attached hydrogens (primary N) is 1. The number of nitrogen functional groups attached to an aromatic ring is 1. The van der Waals surface area contributed by atoms with E-state index in [1.807, 2.05) is 40.7 Å². The number of hydrogen-bond acceptors (Lipinski definition) is 4. The number of benzene rings is 1. The Morgan fingerprint density at radius 1 is 1.14 bits per heavy atom. The van der Waals surface area contributed by atoms with Gasteiger partial charge in [-0.05, 0) is 18.2 Å². The fraction of sp³-hybridized carbons (Fsp3) is 0.526. The van der Waals surface area contributed by atoms with Crippen molar-refractivity contribution in [1.82, 2.24) is 5.32 Å². The summed E-state index contributed by atoms with van der Waals surface area (Å²) >= 11 is 0. The number of ether oxygens (including phenoxy) is 1. The lowest BCUT2D eigenvalue weighted by molar-refractivity contribution is 0.0487. The van der Waals surface area contributed by atoms with Crippen LogP contribution in [-0.4, -0.2) is 27.0 Å². The summed E-state index contributed by atoms with van der Waals surface area (Å²) in [5.41, 5.74) is 2.89. The molecule has 0 aliphatic rings. The van der Waals surface area contributed by atoms with Gasteiger partial charge in [-0.2, -0.15) is 0 Å². The number of nitrogens with one attached hydrogen (secondary N) is 1. The maximum absolute atomic E-state index is 13.7. The fourth-order valence-corrected chi connectivity index (χ4v) is 2.13. The summed E-state index contributed by atoms with van der Waals surface area (Å²) in [7, 11) is 6.00. The van der Waals surface area contributed by atoms with Crippen molar-refractivity contribution in [3.63, 3.8) is 0 Å². The highest BCUT2D eigenvalue weighted by atomic mass is 19.2. The quantitative estimate of drug-likeness (QED) is 0.166. The Balaban J connectivity index is 0.00000352. The molecule has 1 rings (SSSR count). The van der Waals surface area contributed by atoms with Gasteiger partial charge in [0, 0.05) is 12.2 Å². The second-order valence-electron chi connectivity index (χ2n) is 6.21. The first kappa shape index (κ1) is 25.8. The normalized spacial score (nSPS) is 11.5. The Hall–Kier alpha value is -2.19. The second-order valence-corrected chi connectivity index (χ2v) is 6.21. The molecule has 0 spiro atoms. The summed E-state index contributed by atoms with van der Waals surface area (Å²) in [4.78, 5) is 11.7. The van der Waals surface area contributed by atoms with Gasteiger partial charge in [-0.15, -0.1) is 0 Å². The molecule has 0 unspecified atom stereocenters. The Morgan fingerprint density at radius 2 is 1.64 bits per heavy atom. The van der Waals surface area contributed by atoms with Crippen LogP contribution in [0, 0.1) is 23.3 Å². The standard InChI is InChI=1S/C17H21BF4N2O2.C2H6/c1-4-6-9(17(2,3)18)24-7-5-8-26-16(25)10-11(19)13(21)15(23)14(22)12(10)20;1-2/h6,24H,4-5,7-8,23H2,1-3H3;1-2H3/b9-6-;. The van der Waals surface area contributed by atoms with E-state index in [1.165, 1.54) is 0 Å². The Morgan fingerprint density at radius 3 is 2.07 bits per heavy atom. The first-order valence-electron chi connectivity index (χ1n) is 9.04. The maximum atomic E-state index is 13.7. The van der Waals surface area contributed by atoms with Gasteiger partial charge in [-0.25, -0.2) is 22.4 Å². The van der Waals surface area contributed by atoms with E-state index < -0.39 is 45.8 Å². The Kier molecular flexibility index (Phi) is 10.7. The van der Waals surface area contributed by atoms with E-state index in [4.69, 9.17) is 13.6 Å². The molecule has 1 aromatic carbocycles. The second kappa shape index (κ2) is 11.6. The van der Waals surface area contributed by atoms with Crippen molar-refractivity contribution >= 4 is 19.5 Å². The summed E-state index contributed by atoms with van der Waals surface area (Å²) in [6.07, 6.45) is 2.97. The minimum Gasteiger partial charge on any atom is -0.462 e. The summed E-state index contributed by atoms with van der Waals surface area (Å²) in [5.74, 6) is -8.96. The zero-order valence-electron chi connectivity index (χ0n) is 16.9. The molecule has 156 valence electrons. The highest BCUT2D eigenvalue weighted by Crippen LogP contribution is 2.28. The van der Waals surface area contributed by atoms with Crippen LogP contribution in [0.5, 0.6) is 0 Å². The average Bonchev–Trinajstić information content (AvgIpc) is 2.64. The molecule has 0 atom stereocenters. The van der Waals surface area contributed by atoms with Crippen LogP contribution in [-0.2, 0) is 4.74 Å². The number of carbonyl (C=O) groups excluding carboxylic acids is 1. The van der Waals surface area contributed by atoms with Crippen molar-refractivity contribution in [2.75, 3.05) is 18.9 Å². The highest BCUT2D eigenvalue weighted by molar-refractivity contribution is 6.16. The van der Waals surface area contributed by atoms with Gasteiger partial charge in [-0.3, -0.25) is 0 Å². The van der Waals surface area contributed by atoms with Gasteiger partial charge in [0.05, 0.1) is 14.5 Å². The van der Waals surface area contributed by atoms with Crippen molar-refractivity contribution in [3.05, 3.63) is 40.6 Å². The lowest BCUT2D eigenvalue weighted by Gasteiger charge is -2.25. The number of halogens is 4. The number of allylic oxidation sites excluding steroid dienone is 2. The van der Waals surface area contributed by atoms with E-state index in [2.05, 4.69) is 10.1 Å². The van der Waals surface area contributed by atoms with Crippen molar-refractivity contribution in [2.45, 2.75) is 52.8 Å². The molecule has 9 heteroatoms. The fourth-order valence-electron chi connectivity index (χ4n) is 2.13. The third-order valence-corrected chi connectivity index (χ3v) is 3.47. The summed E-state index contributed by atoms with van der Waals surface area (Å²) in [5, 5.41) is 2.50. The molecule has 0 heterocycles. The van der Waals surface area contributed by atoms with Crippen LogP contribution in [0.25, 0.3) is 0 Å². The molecule has 0 amide bonds. The average molecular weight is 402 g/mol. The van der Waals surface area contributed by atoms with Crippen LogP contribution in [0.15, 0.2) is 11.8 Å². The van der Waals surface area contributed by atoms with E-state index >= 15 is 0 Å². The van der Waals surface area contributed by atoms with Crippen molar-refractivity contribution in [1.29, 1.82) is 0 Å². The number of rotatable bonds is 8. The first-order valence-corrected chi connectivity index (χ1v) is 9.04. The smallest absolute Gasteiger partial charge is 0.344 e. The van der Waals surface area contributed by atoms with Crippen LogP contribution in [0.4, 0.5) is 23.2 Å². The van der Waals surface area contributed by atoms with Crippen molar-refractivity contribution < 1.29 is 27.1 Å². The van der Waals surface area contributed by atoms with Gasteiger partial charge in [0.25, 0.3) is 0 Å². The van der Waals surface area contributed by atoms with Crippen LogP contribution in [0.1, 0.15) is 57.8 Å². The number of esters is 1. The Labute approximate surface area is 164 Å². The summed E-state index contributed by atoms with van der Waals surface area (Å²) in [6, 6.07) is 0. The summed E-state index contributed by atoms with van der Waals surface area (Å²) in [6.45, 7) is 9.73. The minimum atomic E-state index is -1.89. The molecule has 0 aromatic heterocycles. The molecule has 0 saturated carbocycles. The third kappa shape index (κ3) is 6.76. The van der Waals surface area contributed by atoms with Gasteiger partial charge in [0.1, 0.15) is 11.3 Å². The van der Waals surface area contributed by atoms with E-state index in [0.717, 1.165) is 12.1 Å². The molecular formula is C19H27BF4N2O2. The van der Waals surface area contributed by atoms with Gasteiger partial charge < -0.3 is 15.8 Å². The van der Waals surface area contributed by atoms with Crippen LogP contribution in [0.2, 0.25) is 5.31 Å². The van der Waals surface area contributed by atoms with Gasteiger partial charge in [0.15, 0.2) is 23.3 Å². The van der Waals surface area contributed by atoms with E-state index in [0.29, 0.717) is 6.54 Å². The van der Waals surface area contributed by atoms with Crippen molar-refractivity contribution in [2.24, 2.45) is 0 Å². The van der Waals surface area contributed by atoms with E-state index in [-0.39, 0.29) is 13.0 Å². The monoisotopic (exact) mass is 402 g/mol. The highest BCUT2D eigenvalue weighted by Gasteiger charge is 2.29. The minimum absolute atomic E-state index is 0.220. The molecule has 0 bridgehead atoms. The molecule has 0 saturated heterocycles. The third-order valence-electron chi connectivity index (χ3n) is 3.47. The molecule has 1 aromatic rings. The molecule has 4 nitrogen and oxygen atoms in total. The SMILES string of the molecule is CC.[B]C(C)(C)/C(=C/CC)NCCCOC(=O)c1c(F)c(F)c(N)c(F)c1F. The predicted octanol–water partition coefficient (Wildman–Crippen LogP) is 4.65. The molecular weight excluding hydrogens is 375 g/mol. The zero-order chi connectivity index (χ0) is 22.1. The van der Waals surface area contributed by atoms with E-state index in [1.54, 1.807) is 0 Å². The van der Waals surface area contributed by atoms with Gasteiger partial charge >= 0.3 is 5.97 Å². The maximum Gasteiger partial charge on any atom is 0.344 e. The predicted molar refractivity (Wildman–Crippen MR) is 103 cm³/mol. The largest absolute Gasteiger partial charge is 0.462 e. The van der Waals surface area contributed by atoms with Gasteiger partial charge in [-0.1, -0.05) is 40.7 Å². The van der Waals surface area contributed by atoms with Crippen LogP contribution >= 0.6 is 0 Å². The molecule has 28 heavy (non-hydrogen) atoms. The Bertz CT molecular complexity index is 675. The first-order chi connectivity index (χ1) is 13.0. The summed E-state index contributed by atoms with van der Waals surface area (Å²) < 4.78 is 58.7. The molecule has 2 radical (unpaired) electrons. The lowest BCUT2D eigenvalue weighted by atomic mass is 9.69. The number of hydrogen-bond donors (Lipinski definition) is 2.